The number of piperazine rings is 1. The van der Waals surface area contributed by atoms with Gasteiger partial charge in [-0.3, -0.25) is 9.48 Å². The number of anilines is 1. The van der Waals surface area contributed by atoms with Gasteiger partial charge in [-0.15, -0.1) is 0 Å². The summed E-state index contributed by atoms with van der Waals surface area (Å²) in [7, 11) is 0. The summed E-state index contributed by atoms with van der Waals surface area (Å²) in [5.74, 6) is 0.547. The van der Waals surface area contributed by atoms with Crippen LogP contribution in [0.2, 0.25) is 5.02 Å². The van der Waals surface area contributed by atoms with Gasteiger partial charge in [0.2, 0.25) is 5.91 Å². The Labute approximate surface area is 153 Å². The van der Waals surface area contributed by atoms with E-state index in [2.05, 4.69) is 15.0 Å². The fraction of sp³-hybridized carbons (Fsp3) is 0.438. The minimum Gasteiger partial charge on any atom is -0.353 e. The van der Waals surface area contributed by atoms with E-state index in [0.29, 0.717) is 26.2 Å². The van der Waals surface area contributed by atoms with Crippen LogP contribution in [0.3, 0.4) is 0 Å². The first-order chi connectivity index (χ1) is 12.3. The maximum Gasteiger partial charge on any atom is 0.436 e. The van der Waals surface area contributed by atoms with E-state index in [9.17, 15) is 18.0 Å². The van der Waals surface area contributed by atoms with Crippen LogP contribution in [0.25, 0.3) is 0 Å². The molecule has 6 nitrogen and oxygen atoms in total. The number of halogens is 4. The molecule has 0 atom stereocenters. The first-order valence-electron chi connectivity index (χ1n) is 8.01. The number of amides is 1. The van der Waals surface area contributed by atoms with Crippen LogP contribution >= 0.6 is 11.6 Å². The molecule has 0 unspecified atom stereocenters. The summed E-state index contributed by atoms with van der Waals surface area (Å²) in [6.45, 7) is 3.29. The van der Waals surface area contributed by atoms with Gasteiger partial charge in [-0.1, -0.05) is 17.7 Å². The predicted octanol–water partition coefficient (Wildman–Crippen LogP) is 2.61. The molecule has 0 saturated carbocycles. The SMILES string of the molecule is Cc1c(Cl)c(C(F)(F)F)nn1CC(=O)N1CCN(c2ccccn2)CC1. The second-order valence-electron chi connectivity index (χ2n) is 5.96. The largest absolute Gasteiger partial charge is 0.436 e. The van der Waals surface area contributed by atoms with Gasteiger partial charge in [-0.25, -0.2) is 4.98 Å². The van der Waals surface area contributed by atoms with Crippen molar-refractivity contribution in [2.45, 2.75) is 19.6 Å². The second kappa shape index (κ2) is 7.14. The summed E-state index contributed by atoms with van der Waals surface area (Å²) in [4.78, 5) is 20.4. The highest BCUT2D eigenvalue weighted by atomic mass is 35.5. The molecule has 0 radical (unpaired) electrons. The quantitative estimate of drug-likeness (QED) is 0.812. The molecule has 1 aliphatic heterocycles. The summed E-state index contributed by atoms with van der Waals surface area (Å²) in [5.41, 5.74) is -1.04. The molecule has 1 aliphatic rings. The molecular weight excluding hydrogens is 371 g/mol. The molecule has 1 saturated heterocycles. The van der Waals surface area contributed by atoms with Gasteiger partial charge >= 0.3 is 6.18 Å². The van der Waals surface area contributed by atoms with Crippen LogP contribution in [0.15, 0.2) is 24.4 Å². The molecule has 26 heavy (non-hydrogen) atoms. The normalized spacial score (nSPS) is 15.4. The topological polar surface area (TPSA) is 54.3 Å². The third-order valence-electron chi connectivity index (χ3n) is 4.29. The van der Waals surface area contributed by atoms with Crippen LogP contribution in [-0.2, 0) is 17.5 Å². The van der Waals surface area contributed by atoms with E-state index in [1.165, 1.54) is 6.92 Å². The third kappa shape index (κ3) is 3.77. The second-order valence-corrected chi connectivity index (χ2v) is 6.34. The maximum absolute atomic E-state index is 12.9. The Balaban J connectivity index is 1.63. The van der Waals surface area contributed by atoms with Crippen LogP contribution in [0.5, 0.6) is 0 Å². The van der Waals surface area contributed by atoms with Crippen LogP contribution in [0.1, 0.15) is 11.4 Å². The lowest BCUT2D eigenvalue weighted by Gasteiger charge is -2.35. The first kappa shape index (κ1) is 18.5. The van der Waals surface area contributed by atoms with Crippen molar-refractivity contribution in [1.29, 1.82) is 0 Å². The highest BCUT2D eigenvalue weighted by molar-refractivity contribution is 6.32. The molecule has 1 fully saturated rings. The molecule has 140 valence electrons. The Hall–Kier alpha value is -2.29. The number of carbonyl (C=O) groups is 1. The van der Waals surface area contributed by atoms with Crippen molar-refractivity contribution in [3.8, 4) is 0 Å². The minimum absolute atomic E-state index is 0.125. The Kier molecular flexibility index (Phi) is 5.08. The lowest BCUT2D eigenvalue weighted by molar-refractivity contribution is -0.142. The molecule has 0 N–H and O–H groups in total. The van der Waals surface area contributed by atoms with Gasteiger partial charge in [0.1, 0.15) is 12.4 Å². The van der Waals surface area contributed by atoms with Crippen molar-refractivity contribution in [3.63, 3.8) is 0 Å². The lowest BCUT2D eigenvalue weighted by Crippen LogP contribution is -2.50. The number of nitrogens with zero attached hydrogens (tertiary/aromatic N) is 5. The molecule has 2 aromatic heterocycles. The maximum atomic E-state index is 12.9. The summed E-state index contributed by atoms with van der Waals surface area (Å²) >= 11 is 5.71. The van der Waals surface area contributed by atoms with E-state index in [4.69, 9.17) is 11.6 Å². The van der Waals surface area contributed by atoms with Gasteiger partial charge in [0.05, 0.1) is 10.7 Å². The summed E-state index contributed by atoms with van der Waals surface area (Å²) < 4.78 is 39.6. The predicted molar refractivity (Wildman–Crippen MR) is 90.0 cm³/mol. The Morgan fingerprint density at radius 2 is 1.92 bits per heavy atom. The number of rotatable bonds is 3. The van der Waals surface area contributed by atoms with Crippen molar-refractivity contribution < 1.29 is 18.0 Å². The zero-order chi connectivity index (χ0) is 18.9. The van der Waals surface area contributed by atoms with E-state index in [-0.39, 0.29) is 18.1 Å². The number of hydrogen-bond donors (Lipinski definition) is 0. The van der Waals surface area contributed by atoms with Crippen LogP contribution in [-0.4, -0.2) is 51.8 Å². The van der Waals surface area contributed by atoms with Gasteiger partial charge in [0, 0.05) is 32.4 Å². The molecule has 0 bridgehead atoms. The van der Waals surface area contributed by atoms with Crippen molar-refractivity contribution in [2.24, 2.45) is 0 Å². The Morgan fingerprint density at radius 1 is 1.23 bits per heavy atom. The van der Waals surface area contributed by atoms with E-state index in [0.717, 1.165) is 10.5 Å². The van der Waals surface area contributed by atoms with E-state index >= 15 is 0 Å². The van der Waals surface area contributed by atoms with E-state index in [1.54, 1.807) is 11.1 Å². The van der Waals surface area contributed by atoms with Gasteiger partial charge < -0.3 is 9.80 Å². The lowest BCUT2D eigenvalue weighted by atomic mass is 10.3. The summed E-state index contributed by atoms with van der Waals surface area (Å²) in [6, 6.07) is 5.61. The zero-order valence-corrected chi connectivity index (χ0v) is 14.8. The van der Waals surface area contributed by atoms with Gasteiger partial charge in [-0.2, -0.15) is 18.3 Å². The molecule has 1 amide bonds. The number of alkyl halides is 3. The van der Waals surface area contributed by atoms with Crippen LogP contribution in [0.4, 0.5) is 19.0 Å². The number of carbonyl (C=O) groups excluding carboxylic acids is 1. The van der Waals surface area contributed by atoms with Crippen molar-refractivity contribution in [1.82, 2.24) is 19.7 Å². The first-order valence-corrected chi connectivity index (χ1v) is 8.39. The number of pyridine rings is 1. The van der Waals surface area contributed by atoms with Crippen LogP contribution < -0.4 is 4.90 Å². The Bertz CT molecular complexity index is 785. The standard InChI is InChI=1S/C16H17ClF3N5O/c1-11-14(17)15(16(18,19)20)22-25(11)10-13(26)24-8-6-23(7-9-24)12-4-2-3-5-21-12/h2-5H,6-10H2,1H3. The van der Waals surface area contributed by atoms with Crippen molar-refractivity contribution in [2.75, 3.05) is 31.1 Å². The molecule has 3 heterocycles. The summed E-state index contributed by atoms with van der Waals surface area (Å²) in [5, 5.41) is 3.00. The smallest absolute Gasteiger partial charge is 0.353 e. The Morgan fingerprint density at radius 3 is 2.46 bits per heavy atom. The molecule has 3 rings (SSSR count). The van der Waals surface area contributed by atoms with Crippen LogP contribution in [0, 0.1) is 6.92 Å². The molecule has 0 aromatic carbocycles. The molecule has 0 aliphatic carbocycles. The zero-order valence-electron chi connectivity index (χ0n) is 14.0. The van der Waals surface area contributed by atoms with Crippen molar-refractivity contribution >= 4 is 23.3 Å². The van der Waals surface area contributed by atoms with E-state index < -0.39 is 16.9 Å². The summed E-state index contributed by atoms with van der Waals surface area (Å²) in [6.07, 6.45) is -2.94. The molecule has 10 heteroatoms. The highest BCUT2D eigenvalue weighted by Crippen LogP contribution is 2.35. The minimum atomic E-state index is -4.65. The third-order valence-corrected chi connectivity index (χ3v) is 4.75. The molecule has 0 spiro atoms. The number of hydrogen-bond acceptors (Lipinski definition) is 4. The fourth-order valence-corrected chi connectivity index (χ4v) is 3.06. The highest BCUT2D eigenvalue weighted by Gasteiger charge is 2.38. The number of aromatic nitrogens is 3. The van der Waals surface area contributed by atoms with Gasteiger partial charge in [-0.05, 0) is 19.1 Å². The monoisotopic (exact) mass is 387 g/mol. The average molecular weight is 388 g/mol. The average Bonchev–Trinajstić information content (AvgIpc) is 2.91. The van der Waals surface area contributed by atoms with Gasteiger partial charge in [0.15, 0.2) is 5.69 Å². The van der Waals surface area contributed by atoms with E-state index in [1.807, 2.05) is 18.2 Å². The molecule has 2 aromatic rings. The fourth-order valence-electron chi connectivity index (χ4n) is 2.81. The van der Waals surface area contributed by atoms with Crippen molar-refractivity contribution in [3.05, 3.63) is 40.8 Å². The molecular formula is C16H17ClF3N5O. The van der Waals surface area contributed by atoms with Gasteiger partial charge in [0.25, 0.3) is 0 Å².